The van der Waals surface area contributed by atoms with Gasteiger partial charge in [0.2, 0.25) is 5.89 Å². The number of aromatic nitrogens is 2. The maximum absolute atomic E-state index is 12.2. The zero-order valence-electron chi connectivity index (χ0n) is 14.8. The van der Waals surface area contributed by atoms with Crippen molar-refractivity contribution in [2.24, 2.45) is 0 Å². The van der Waals surface area contributed by atoms with Crippen molar-refractivity contribution in [3.63, 3.8) is 0 Å². The lowest BCUT2D eigenvalue weighted by Crippen LogP contribution is -2.13. The molecule has 0 aliphatic heterocycles. The Labute approximate surface area is 175 Å². The average molecular weight is 460 g/mol. The lowest BCUT2D eigenvalue weighted by molar-refractivity contribution is 0.102. The number of hydrogen-bond acceptors (Lipinski definition) is 7. The number of nitrogens with zero attached hydrogens (tertiary/aromatic N) is 2. The summed E-state index contributed by atoms with van der Waals surface area (Å²) in [6, 6.07) is 7.85. The Morgan fingerprint density at radius 1 is 1.21 bits per heavy atom. The largest absolute Gasteiger partial charge is 0.407 e. The van der Waals surface area contributed by atoms with E-state index in [0.29, 0.717) is 4.34 Å². The van der Waals surface area contributed by atoms with Crippen molar-refractivity contribution in [2.45, 2.75) is 30.4 Å². The normalized spacial score (nSPS) is 11.8. The Morgan fingerprint density at radius 3 is 2.46 bits per heavy atom. The topological polar surface area (TPSA) is 102 Å². The van der Waals surface area contributed by atoms with Crippen LogP contribution in [0.4, 0.5) is 6.01 Å². The molecule has 148 valence electrons. The van der Waals surface area contributed by atoms with Crippen LogP contribution < -0.4 is 5.32 Å². The number of carbonyl (C=O) groups excluding carboxylic acids is 1. The number of anilines is 1. The molecule has 0 radical (unpaired) electrons. The molecule has 0 aliphatic carbocycles. The molecular formula is C17H15Cl2N3O4S2. The van der Waals surface area contributed by atoms with Crippen LogP contribution in [0.15, 0.2) is 39.6 Å². The van der Waals surface area contributed by atoms with E-state index in [1.165, 1.54) is 6.07 Å². The predicted molar refractivity (Wildman–Crippen MR) is 108 cm³/mol. The standard InChI is InChI=1S/C17H15Cl2N3O4S2/c1-9(2)28(24,25)11-5-3-10(4-6-11)7-14-21-22-17(26-14)20-16(23)12-8-13(18)27-15(12)19/h3-6,8-9H,7H2,1-2H3,(H,20,22,23). The molecule has 1 aromatic carbocycles. The number of nitrogens with one attached hydrogen (secondary N) is 1. The number of benzene rings is 1. The van der Waals surface area contributed by atoms with E-state index in [2.05, 4.69) is 15.5 Å². The average Bonchev–Trinajstić information content (AvgIpc) is 3.20. The molecule has 0 saturated heterocycles. The minimum atomic E-state index is -3.32. The van der Waals surface area contributed by atoms with Crippen molar-refractivity contribution >= 4 is 56.3 Å². The second-order valence-corrected chi connectivity index (χ2v) is 10.9. The molecule has 28 heavy (non-hydrogen) atoms. The summed E-state index contributed by atoms with van der Waals surface area (Å²) in [6.45, 7) is 3.27. The van der Waals surface area contributed by atoms with E-state index in [-0.39, 0.29) is 33.1 Å². The minimum absolute atomic E-state index is 0.0719. The Balaban J connectivity index is 1.68. The van der Waals surface area contributed by atoms with Gasteiger partial charge in [-0.1, -0.05) is 40.4 Å². The van der Waals surface area contributed by atoms with Crippen LogP contribution in [0, 0.1) is 0 Å². The first kappa shape index (κ1) is 20.8. The number of halogens is 2. The molecule has 2 aromatic heterocycles. The number of carbonyl (C=O) groups is 1. The number of amides is 1. The summed E-state index contributed by atoms with van der Waals surface area (Å²) in [5.41, 5.74) is 1.01. The van der Waals surface area contributed by atoms with Crippen molar-refractivity contribution in [3.05, 3.63) is 56.0 Å². The van der Waals surface area contributed by atoms with Gasteiger partial charge in [0, 0.05) is 0 Å². The number of sulfone groups is 1. The van der Waals surface area contributed by atoms with Gasteiger partial charge in [-0.05, 0) is 37.6 Å². The van der Waals surface area contributed by atoms with Gasteiger partial charge in [0.15, 0.2) is 9.84 Å². The highest BCUT2D eigenvalue weighted by Crippen LogP contribution is 2.31. The van der Waals surface area contributed by atoms with Crippen LogP contribution >= 0.6 is 34.5 Å². The Hall–Kier alpha value is -1.94. The molecule has 2 heterocycles. The Bertz CT molecular complexity index is 1110. The third-order valence-electron chi connectivity index (χ3n) is 3.82. The van der Waals surface area contributed by atoms with Crippen LogP contribution in [-0.4, -0.2) is 29.8 Å². The maximum Gasteiger partial charge on any atom is 0.322 e. The highest BCUT2D eigenvalue weighted by atomic mass is 35.5. The van der Waals surface area contributed by atoms with Gasteiger partial charge in [0.1, 0.15) is 4.34 Å². The van der Waals surface area contributed by atoms with Gasteiger partial charge >= 0.3 is 6.01 Å². The molecule has 3 aromatic rings. The van der Waals surface area contributed by atoms with E-state index >= 15 is 0 Å². The lowest BCUT2D eigenvalue weighted by Gasteiger charge is -2.08. The summed E-state index contributed by atoms with van der Waals surface area (Å²) in [5, 5.41) is 9.63. The smallest absolute Gasteiger partial charge is 0.322 e. The van der Waals surface area contributed by atoms with Crippen molar-refractivity contribution in [2.75, 3.05) is 5.32 Å². The molecular weight excluding hydrogens is 445 g/mol. The molecule has 0 aliphatic rings. The number of rotatable bonds is 6. The SMILES string of the molecule is CC(C)S(=O)(=O)c1ccc(Cc2nnc(NC(=O)c3cc(Cl)sc3Cl)o2)cc1. The molecule has 0 saturated carbocycles. The van der Waals surface area contributed by atoms with Gasteiger partial charge in [-0.15, -0.1) is 16.4 Å². The fourth-order valence-corrected chi connectivity index (χ4v) is 4.80. The van der Waals surface area contributed by atoms with Gasteiger partial charge < -0.3 is 4.42 Å². The summed E-state index contributed by atoms with van der Waals surface area (Å²) >= 11 is 12.9. The summed E-state index contributed by atoms with van der Waals surface area (Å²) in [4.78, 5) is 12.4. The van der Waals surface area contributed by atoms with E-state index in [1.807, 2.05) is 0 Å². The van der Waals surface area contributed by atoms with E-state index in [1.54, 1.807) is 38.1 Å². The lowest BCUT2D eigenvalue weighted by atomic mass is 10.1. The fraction of sp³-hybridized carbons (Fsp3) is 0.235. The molecule has 0 bridgehead atoms. The molecule has 7 nitrogen and oxygen atoms in total. The van der Waals surface area contributed by atoms with Crippen molar-refractivity contribution in [3.8, 4) is 0 Å². The summed E-state index contributed by atoms with van der Waals surface area (Å²) in [5.74, 6) is -0.240. The molecule has 0 atom stereocenters. The first-order chi connectivity index (χ1) is 13.2. The van der Waals surface area contributed by atoms with Gasteiger partial charge in [0.05, 0.1) is 26.5 Å². The summed E-state index contributed by atoms with van der Waals surface area (Å²) in [7, 11) is -3.32. The molecule has 1 N–H and O–H groups in total. The highest BCUT2D eigenvalue weighted by Gasteiger charge is 2.19. The first-order valence-corrected chi connectivity index (χ1v) is 11.2. The Morgan fingerprint density at radius 2 is 1.89 bits per heavy atom. The predicted octanol–water partition coefficient (Wildman–Crippen LogP) is 4.46. The third-order valence-corrected chi connectivity index (χ3v) is 7.47. The maximum atomic E-state index is 12.2. The van der Waals surface area contributed by atoms with E-state index < -0.39 is 21.0 Å². The molecule has 0 fully saturated rings. The van der Waals surface area contributed by atoms with Crippen molar-refractivity contribution in [1.29, 1.82) is 0 Å². The second-order valence-electron chi connectivity index (χ2n) is 6.11. The van der Waals surface area contributed by atoms with Crippen LogP contribution in [-0.2, 0) is 16.3 Å². The van der Waals surface area contributed by atoms with Crippen LogP contribution in [0.5, 0.6) is 0 Å². The molecule has 11 heteroatoms. The van der Waals surface area contributed by atoms with Gasteiger partial charge in [-0.3, -0.25) is 10.1 Å². The van der Waals surface area contributed by atoms with Crippen molar-refractivity contribution in [1.82, 2.24) is 10.2 Å². The molecule has 3 rings (SSSR count). The summed E-state index contributed by atoms with van der Waals surface area (Å²) in [6.07, 6.45) is 0.288. The monoisotopic (exact) mass is 459 g/mol. The zero-order chi connectivity index (χ0) is 20.5. The quantitative estimate of drug-likeness (QED) is 0.583. The zero-order valence-corrected chi connectivity index (χ0v) is 17.9. The van der Waals surface area contributed by atoms with E-state index in [4.69, 9.17) is 27.6 Å². The van der Waals surface area contributed by atoms with Crippen LogP contribution in [0.3, 0.4) is 0 Å². The van der Waals surface area contributed by atoms with Crippen LogP contribution in [0.2, 0.25) is 8.67 Å². The van der Waals surface area contributed by atoms with Crippen LogP contribution in [0.1, 0.15) is 35.7 Å². The first-order valence-electron chi connectivity index (χ1n) is 8.08. The van der Waals surface area contributed by atoms with E-state index in [9.17, 15) is 13.2 Å². The van der Waals surface area contributed by atoms with Gasteiger partial charge in [0.25, 0.3) is 5.91 Å². The molecule has 1 amide bonds. The number of thiophene rings is 1. The fourth-order valence-electron chi connectivity index (χ4n) is 2.28. The number of hydrogen-bond donors (Lipinski definition) is 1. The van der Waals surface area contributed by atoms with Crippen molar-refractivity contribution < 1.29 is 17.6 Å². The van der Waals surface area contributed by atoms with E-state index in [0.717, 1.165) is 16.9 Å². The summed E-state index contributed by atoms with van der Waals surface area (Å²) < 4.78 is 30.4. The van der Waals surface area contributed by atoms with Gasteiger partial charge in [-0.25, -0.2) is 8.42 Å². The third kappa shape index (κ3) is 4.54. The van der Waals surface area contributed by atoms with Gasteiger partial charge in [-0.2, -0.15) is 0 Å². The molecule has 0 unspecified atom stereocenters. The second kappa shape index (κ2) is 8.20. The Kier molecular flexibility index (Phi) is 6.09. The van der Waals surface area contributed by atoms with Crippen LogP contribution in [0.25, 0.3) is 0 Å². The minimum Gasteiger partial charge on any atom is -0.407 e. The molecule has 0 spiro atoms. The highest BCUT2D eigenvalue weighted by molar-refractivity contribution is 7.92.